The first-order valence-electron chi connectivity index (χ1n) is 6.98. The number of benzene rings is 2. The maximum atomic E-state index is 13.0. The molecule has 0 spiro atoms. The number of nitrogens with one attached hydrogen (secondary N) is 2. The third-order valence-corrected chi connectivity index (χ3v) is 3.22. The van der Waals surface area contributed by atoms with E-state index in [-0.39, 0.29) is 24.2 Å². The molecule has 0 radical (unpaired) electrons. The largest absolute Gasteiger partial charge is 0.497 e. The minimum atomic E-state index is -0.387. The van der Waals surface area contributed by atoms with Gasteiger partial charge in [-0.15, -0.1) is 0 Å². The van der Waals surface area contributed by atoms with Crippen LogP contribution in [0.2, 0.25) is 0 Å². The molecule has 0 unspecified atom stereocenters. The molecular weight excluding hydrogens is 299 g/mol. The van der Waals surface area contributed by atoms with Gasteiger partial charge in [-0.3, -0.25) is 9.59 Å². The van der Waals surface area contributed by atoms with Crippen molar-refractivity contribution >= 4 is 17.5 Å². The molecule has 2 amide bonds. The fourth-order valence-corrected chi connectivity index (χ4v) is 1.97. The third-order valence-electron chi connectivity index (χ3n) is 3.22. The van der Waals surface area contributed by atoms with Crippen molar-refractivity contribution in [3.63, 3.8) is 0 Å². The number of aryl methyl sites for hydroxylation is 1. The highest BCUT2D eigenvalue weighted by Crippen LogP contribution is 2.15. The Bertz CT molecular complexity index is 714. The lowest BCUT2D eigenvalue weighted by molar-refractivity contribution is -0.115. The summed E-state index contributed by atoms with van der Waals surface area (Å²) in [6.45, 7) is 1.51. The molecule has 0 saturated carbocycles. The molecule has 6 heteroatoms. The summed E-state index contributed by atoms with van der Waals surface area (Å²) in [5.41, 5.74) is 1.55. The Morgan fingerprint density at radius 2 is 1.83 bits per heavy atom. The first-order chi connectivity index (χ1) is 11.0. The van der Waals surface area contributed by atoms with Gasteiger partial charge < -0.3 is 15.4 Å². The summed E-state index contributed by atoms with van der Waals surface area (Å²) in [4.78, 5) is 23.8. The minimum Gasteiger partial charge on any atom is -0.497 e. The summed E-state index contributed by atoms with van der Waals surface area (Å²) in [5.74, 6) is -0.473. The van der Waals surface area contributed by atoms with Crippen molar-refractivity contribution in [2.75, 3.05) is 19.0 Å². The van der Waals surface area contributed by atoms with Crippen LogP contribution in [0.15, 0.2) is 42.5 Å². The first-order valence-corrected chi connectivity index (χ1v) is 6.98. The van der Waals surface area contributed by atoms with Gasteiger partial charge in [0.25, 0.3) is 5.91 Å². The Labute approximate surface area is 133 Å². The second-order valence-corrected chi connectivity index (χ2v) is 4.92. The number of ether oxygens (including phenoxy) is 1. The monoisotopic (exact) mass is 316 g/mol. The molecule has 0 aromatic heterocycles. The molecule has 120 valence electrons. The lowest BCUT2D eigenvalue weighted by Gasteiger charge is -2.09. The number of amides is 2. The van der Waals surface area contributed by atoms with Crippen molar-refractivity contribution in [3.05, 3.63) is 59.4 Å². The maximum absolute atomic E-state index is 13.0. The van der Waals surface area contributed by atoms with Crippen LogP contribution in [-0.4, -0.2) is 25.5 Å². The van der Waals surface area contributed by atoms with Gasteiger partial charge in [-0.25, -0.2) is 4.39 Å². The highest BCUT2D eigenvalue weighted by Gasteiger charge is 2.09. The zero-order chi connectivity index (χ0) is 16.8. The van der Waals surface area contributed by atoms with E-state index in [0.717, 1.165) is 0 Å². The summed E-state index contributed by atoms with van der Waals surface area (Å²) in [5, 5.41) is 5.14. The summed E-state index contributed by atoms with van der Waals surface area (Å²) >= 11 is 0. The molecule has 2 aromatic rings. The molecule has 2 N–H and O–H groups in total. The summed E-state index contributed by atoms with van der Waals surface area (Å²) in [6.07, 6.45) is 0. The molecule has 5 nitrogen and oxygen atoms in total. The lowest BCUT2D eigenvalue weighted by Crippen LogP contribution is -2.32. The Kier molecular flexibility index (Phi) is 5.30. The van der Waals surface area contributed by atoms with Crippen LogP contribution in [0, 0.1) is 12.7 Å². The third kappa shape index (κ3) is 4.54. The van der Waals surface area contributed by atoms with Crippen LogP contribution < -0.4 is 15.4 Å². The highest BCUT2D eigenvalue weighted by molar-refractivity contribution is 5.99. The number of hydrogen-bond acceptors (Lipinski definition) is 3. The van der Waals surface area contributed by atoms with Gasteiger partial charge in [0.2, 0.25) is 5.91 Å². The number of carbonyl (C=O) groups excluding carboxylic acids is 2. The smallest absolute Gasteiger partial charge is 0.251 e. The molecule has 23 heavy (non-hydrogen) atoms. The van der Waals surface area contributed by atoms with Crippen LogP contribution in [0.5, 0.6) is 5.75 Å². The van der Waals surface area contributed by atoms with Gasteiger partial charge in [-0.1, -0.05) is 0 Å². The molecule has 0 aliphatic rings. The molecule has 0 saturated heterocycles. The minimum absolute atomic E-state index is 0.179. The Hall–Kier alpha value is -2.89. The molecule has 0 fully saturated rings. The number of carbonyl (C=O) groups is 2. The predicted molar refractivity (Wildman–Crippen MR) is 85.1 cm³/mol. The number of rotatable bonds is 5. The maximum Gasteiger partial charge on any atom is 0.251 e. The number of anilines is 1. The van der Waals surface area contributed by atoms with Gasteiger partial charge in [0, 0.05) is 11.3 Å². The van der Waals surface area contributed by atoms with Gasteiger partial charge >= 0.3 is 0 Å². The molecule has 2 aromatic carbocycles. The van der Waals surface area contributed by atoms with Crippen LogP contribution in [0.4, 0.5) is 10.1 Å². The van der Waals surface area contributed by atoms with Gasteiger partial charge in [-0.05, 0) is 55.0 Å². The molecule has 0 aliphatic carbocycles. The standard InChI is InChI=1S/C17H17FN2O3/c1-11-9-13(18)5-8-15(11)20-16(21)10-19-17(22)12-3-6-14(23-2)7-4-12/h3-9H,10H2,1-2H3,(H,19,22)(H,20,21). The van der Waals surface area contributed by atoms with E-state index in [1.165, 1.54) is 25.3 Å². The van der Waals surface area contributed by atoms with Crippen molar-refractivity contribution in [3.8, 4) is 5.75 Å². The quantitative estimate of drug-likeness (QED) is 0.890. The predicted octanol–water partition coefficient (Wildman–Crippen LogP) is 2.51. The van der Waals surface area contributed by atoms with E-state index in [9.17, 15) is 14.0 Å². The average molecular weight is 316 g/mol. The van der Waals surface area contributed by atoms with E-state index in [1.54, 1.807) is 31.2 Å². The molecule has 0 aliphatic heterocycles. The molecular formula is C17H17FN2O3. The van der Waals surface area contributed by atoms with Crippen LogP contribution in [0.1, 0.15) is 15.9 Å². The topological polar surface area (TPSA) is 67.4 Å². The highest BCUT2D eigenvalue weighted by atomic mass is 19.1. The second kappa shape index (κ2) is 7.40. The van der Waals surface area contributed by atoms with E-state index in [2.05, 4.69) is 10.6 Å². The number of hydrogen-bond donors (Lipinski definition) is 2. The van der Waals surface area contributed by atoms with E-state index < -0.39 is 0 Å². The number of halogens is 1. The second-order valence-electron chi connectivity index (χ2n) is 4.92. The van der Waals surface area contributed by atoms with Crippen molar-refractivity contribution in [2.24, 2.45) is 0 Å². The Balaban J connectivity index is 1.89. The van der Waals surface area contributed by atoms with Gasteiger partial charge in [0.1, 0.15) is 11.6 Å². The lowest BCUT2D eigenvalue weighted by atomic mass is 10.2. The number of methoxy groups -OCH3 is 1. The van der Waals surface area contributed by atoms with Crippen LogP contribution in [-0.2, 0) is 4.79 Å². The molecule has 0 heterocycles. The van der Waals surface area contributed by atoms with Crippen LogP contribution >= 0.6 is 0 Å². The first kappa shape index (κ1) is 16.5. The zero-order valence-corrected chi connectivity index (χ0v) is 12.9. The Morgan fingerprint density at radius 3 is 2.43 bits per heavy atom. The van der Waals surface area contributed by atoms with Crippen molar-refractivity contribution in [1.82, 2.24) is 5.32 Å². The Morgan fingerprint density at radius 1 is 1.13 bits per heavy atom. The van der Waals surface area contributed by atoms with Crippen molar-refractivity contribution < 1.29 is 18.7 Å². The van der Waals surface area contributed by atoms with Gasteiger partial charge in [0.15, 0.2) is 0 Å². The molecule has 2 rings (SSSR count). The van der Waals surface area contributed by atoms with Gasteiger partial charge in [-0.2, -0.15) is 0 Å². The zero-order valence-electron chi connectivity index (χ0n) is 12.9. The average Bonchev–Trinajstić information content (AvgIpc) is 2.55. The van der Waals surface area contributed by atoms with E-state index in [1.807, 2.05) is 0 Å². The molecule has 0 atom stereocenters. The van der Waals surface area contributed by atoms with Gasteiger partial charge in [0.05, 0.1) is 13.7 Å². The SMILES string of the molecule is COc1ccc(C(=O)NCC(=O)Nc2ccc(F)cc2C)cc1. The normalized spacial score (nSPS) is 10.0. The fraction of sp³-hybridized carbons (Fsp3) is 0.176. The van der Waals surface area contributed by atoms with Crippen LogP contribution in [0.3, 0.4) is 0 Å². The summed E-state index contributed by atoms with van der Waals surface area (Å²) in [6, 6.07) is 10.6. The summed E-state index contributed by atoms with van der Waals surface area (Å²) in [7, 11) is 1.54. The fourth-order valence-electron chi connectivity index (χ4n) is 1.97. The van der Waals surface area contributed by atoms with Crippen molar-refractivity contribution in [2.45, 2.75) is 6.92 Å². The van der Waals surface area contributed by atoms with Crippen molar-refractivity contribution in [1.29, 1.82) is 0 Å². The summed E-state index contributed by atoms with van der Waals surface area (Å²) < 4.78 is 18.0. The van der Waals surface area contributed by atoms with Crippen LogP contribution in [0.25, 0.3) is 0 Å². The molecule has 0 bridgehead atoms. The van der Waals surface area contributed by atoms with E-state index >= 15 is 0 Å². The van der Waals surface area contributed by atoms with E-state index in [0.29, 0.717) is 22.6 Å². The van der Waals surface area contributed by atoms with E-state index in [4.69, 9.17) is 4.74 Å².